The van der Waals surface area contributed by atoms with Crippen molar-refractivity contribution in [3.63, 3.8) is 0 Å². The van der Waals surface area contributed by atoms with Crippen molar-refractivity contribution in [2.75, 3.05) is 31.1 Å². The second kappa shape index (κ2) is 7.02. The first kappa shape index (κ1) is 16.5. The minimum atomic E-state index is -0.403. The number of nitriles is 1. The van der Waals surface area contributed by atoms with Gasteiger partial charge in [0.1, 0.15) is 5.82 Å². The van der Waals surface area contributed by atoms with Crippen LogP contribution in [0.2, 0.25) is 0 Å². The normalized spacial score (nSPS) is 14.4. The molecule has 0 spiro atoms. The summed E-state index contributed by atoms with van der Waals surface area (Å²) in [6, 6.07) is 13.7. The van der Waals surface area contributed by atoms with Crippen molar-refractivity contribution in [2.24, 2.45) is 0 Å². The standard InChI is InChI=1S/C18H15BrFN3O/c19-15-4-2-1-3-14(15)18(24)23-9-7-22(8-10-23)17-6-5-13(12-21)11-16(17)20/h1-6,11H,7-10H2. The van der Waals surface area contributed by atoms with Gasteiger partial charge in [-0.05, 0) is 46.3 Å². The summed E-state index contributed by atoms with van der Waals surface area (Å²) in [7, 11) is 0. The molecule has 1 aliphatic heterocycles. The average Bonchev–Trinajstić information content (AvgIpc) is 2.61. The van der Waals surface area contributed by atoms with Crippen molar-refractivity contribution in [2.45, 2.75) is 0 Å². The summed E-state index contributed by atoms with van der Waals surface area (Å²) in [4.78, 5) is 16.3. The second-order valence-electron chi connectivity index (χ2n) is 5.54. The van der Waals surface area contributed by atoms with Crippen LogP contribution in [0, 0.1) is 17.1 Å². The Bertz CT molecular complexity index is 810. The monoisotopic (exact) mass is 387 g/mol. The van der Waals surface area contributed by atoms with Crippen LogP contribution in [0.4, 0.5) is 10.1 Å². The number of hydrogen-bond acceptors (Lipinski definition) is 3. The number of amides is 1. The van der Waals surface area contributed by atoms with E-state index in [9.17, 15) is 9.18 Å². The van der Waals surface area contributed by atoms with Crippen LogP contribution in [-0.2, 0) is 0 Å². The first-order chi connectivity index (χ1) is 11.6. The number of halogens is 2. The molecule has 0 unspecified atom stereocenters. The number of anilines is 1. The molecular formula is C18H15BrFN3O. The topological polar surface area (TPSA) is 47.3 Å². The molecule has 0 saturated carbocycles. The molecular weight excluding hydrogens is 373 g/mol. The molecule has 0 radical (unpaired) electrons. The molecule has 1 heterocycles. The third kappa shape index (κ3) is 3.26. The number of piperazine rings is 1. The van der Waals surface area contributed by atoms with E-state index in [-0.39, 0.29) is 5.91 Å². The smallest absolute Gasteiger partial charge is 0.255 e. The van der Waals surface area contributed by atoms with Gasteiger partial charge in [-0.3, -0.25) is 4.79 Å². The Morgan fingerprint density at radius 3 is 2.46 bits per heavy atom. The van der Waals surface area contributed by atoms with Gasteiger partial charge in [0.25, 0.3) is 5.91 Å². The van der Waals surface area contributed by atoms with Gasteiger partial charge in [0, 0.05) is 30.7 Å². The molecule has 2 aromatic rings. The van der Waals surface area contributed by atoms with Crippen LogP contribution < -0.4 is 4.90 Å². The highest BCUT2D eigenvalue weighted by Gasteiger charge is 2.24. The number of benzene rings is 2. The SMILES string of the molecule is N#Cc1ccc(N2CCN(C(=O)c3ccccc3Br)CC2)c(F)c1. The third-order valence-electron chi connectivity index (χ3n) is 4.09. The fourth-order valence-electron chi connectivity index (χ4n) is 2.79. The van der Waals surface area contributed by atoms with Gasteiger partial charge in [0.05, 0.1) is 22.9 Å². The lowest BCUT2D eigenvalue weighted by Crippen LogP contribution is -2.49. The Balaban J connectivity index is 1.69. The summed E-state index contributed by atoms with van der Waals surface area (Å²) in [5.74, 6) is -0.429. The molecule has 0 atom stereocenters. The van der Waals surface area contributed by atoms with Gasteiger partial charge in [-0.1, -0.05) is 12.1 Å². The number of carbonyl (C=O) groups is 1. The van der Waals surface area contributed by atoms with E-state index in [0.717, 1.165) is 4.47 Å². The number of rotatable bonds is 2. The van der Waals surface area contributed by atoms with Crippen LogP contribution in [0.25, 0.3) is 0 Å². The van der Waals surface area contributed by atoms with Gasteiger partial charge in [-0.2, -0.15) is 5.26 Å². The third-order valence-corrected chi connectivity index (χ3v) is 4.78. The highest BCUT2D eigenvalue weighted by molar-refractivity contribution is 9.10. The van der Waals surface area contributed by atoms with Crippen LogP contribution >= 0.6 is 15.9 Å². The van der Waals surface area contributed by atoms with E-state index in [1.54, 1.807) is 23.1 Å². The van der Waals surface area contributed by atoms with Crippen LogP contribution in [0.1, 0.15) is 15.9 Å². The molecule has 24 heavy (non-hydrogen) atoms. The van der Waals surface area contributed by atoms with E-state index in [1.165, 1.54) is 6.07 Å². The van der Waals surface area contributed by atoms with E-state index >= 15 is 0 Å². The first-order valence-electron chi connectivity index (χ1n) is 7.58. The van der Waals surface area contributed by atoms with Gasteiger partial charge in [-0.25, -0.2) is 4.39 Å². The van der Waals surface area contributed by atoms with E-state index in [2.05, 4.69) is 15.9 Å². The average molecular weight is 388 g/mol. The molecule has 122 valence electrons. The fraction of sp³-hybridized carbons (Fsp3) is 0.222. The Morgan fingerprint density at radius 1 is 1.12 bits per heavy atom. The van der Waals surface area contributed by atoms with Crippen molar-refractivity contribution in [1.82, 2.24) is 4.90 Å². The minimum absolute atomic E-state index is 0.0255. The van der Waals surface area contributed by atoms with Crippen molar-refractivity contribution in [3.8, 4) is 6.07 Å². The molecule has 6 heteroatoms. The number of hydrogen-bond donors (Lipinski definition) is 0. The zero-order valence-electron chi connectivity index (χ0n) is 12.9. The molecule has 3 rings (SSSR count). The zero-order chi connectivity index (χ0) is 17.1. The summed E-state index contributed by atoms with van der Waals surface area (Å²) >= 11 is 3.40. The minimum Gasteiger partial charge on any atom is -0.366 e. The Morgan fingerprint density at radius 2 is 1.83 bits per heavy atom. The number of nitrogens with zero attached hydrogens (tertiary/aromatic N) is 3. The van der Waals surface area contributed by atoms with Crippen LogP contribution in [0.3, 0.4) is 0 Å². The predicted molar refractivity (Wildman–Crippen MR) is 93.4 cm³/mol. The van der Waals surface area contributed by atoms with E-state index in [4.69, 9.17) is 5.26 Å². The van der Waals surface area contributed by atoms with Crippen molar-refractivity contribution in [1.29, 1.82) is 5.26 Å². The lowest BCUT2D eigenvalue weighted by molar-refractivity contribution is 0.0745. The maximum Gasteiger partial charge on any atom is 0.255 e. The molecule has 4 nitrogen and oxygen atoms in total. The van der Waals surface area contributed by atoms with Crippen molar-refractivity contribution >= 4 is 27.5 Å². The molecule has 0 aromatic heterocycles. The molecule has 2 aromatic carbocycles. The van der Waals surface area contributed by atoms with E-state index < -0.39 is 5.82 Å². The molecule has 0 N–H and O–H groups in total. The molecule has 1 saturated heterocycles. The lowest BCUT2D eigenvalue weighted by Gasteiger charge is -2.36. The summed E-state index contributed by atoms with van der Waals surface area (Å²) in [5, 5.41) is 8.81. The lowest BCUT2D eigenvalue weighted by atomic mass is 10.1. The molecule has 1 aliphatic rings. The molecule has 0 aliphatic carbocycles. The number of carbonyl (C=O) groups excluding carboxylic acids is 1. The van der Waals surface area contributed by atoms with Gasteiger partial charge in [0.15, 0.2) is 0 Å². The molecule has 0 bridgehead atoms. The second-order valence-corrected chi connectivity index (χ2v) is 6.39. The van der Waals surface area contributed by atoms with Crippen molar-refractivity contribution < 1.29 is 9.18 Å². The summed E-state index contributed by atoms with van der Waals surface area (Å²) in [6.07, 6.45) is 0. The van der Waals surface area contributed by atoms with Crippen molar-refractivity contribution in [3.05, 3.63) is 63.9 Å². The Labute approximate surface area is 148 Å². The highest BCUT2D eigenvalue weighted by Crippen LogP contribution is 2.23. The summed E-state index contributed by atoms with van der Waals surface area (Å²) < 4.78 is 14.9. The van der Waals surface area contributed by atoms with E-state index in [0.29, 0.717) is 43.0 Å². The van der Waals surface area contributed by atoms with E-state index in [1.807, 2.05) is 29.2 Å². The zero-order valence-corrected chi connectivity index (χ0v) is 14.5. The molecule has 1 fully saturated rings. The van der Waals surface area contributed by atoms with Gasteiger partial charge >= 0.3 is 0 Å². The van der Waals surface area contributed by atoms with Crippen LogP contribution in [-0.4, -0.2) is 37.0 Å². The Kier molecular flexibility index (Phi) is 4.81. The maximum absolute atomic E-state index is 14.1. The maximum atomic E-state index is 14.1. The van der Waals surface area contributed by atoms with Crippen LogP contribution in [0.15, 0.2) is 46.9 Å². The van der Waals surface area contributed by atoms with Gasteiger partial charge < -0.3 is 9.80 Å². The highest BCUT2D eigenvalue weighted by atomic mass is 79.9. The first-order valence-corrected chi connectivity index (χ1v) is 8.38. The predicted octanol–water partition coefficient (Wildman–Crippen LogP) is 3.42. The quantitative estimate of drug-likeness (QED) is 0.792. The Hall–Kier alpha value is -2.39. The van der Waals surface area contributed by atoms with Gasteiger partial charge in [0.2, 0.25) is 0 Å². The summed E-state index contributed by atoms with van der Waals surface area (Å²) in [5.41, 5.74) is 1.41. The van der Waals surface area contributed by atoms with Gasteiger partial charge in [-0.15, -0.1) is 0 Å². The molecule has 1 amide bonds. The van der Waals surface area contributed by atoms with Crippen LogP contribution in [0.5, 0.6) is 0 Å². The summed E-state index contributed by atoms with van der Waals surface area (Å²) in [6.45, 7) is 2.16. The largest absolute Gasteiger partial charge is 0.366 e. The fourth-order valence-corrected chi connectivity index (χ4v) is 3.24.